The number of aromatic nitrogens is 2. The molecule has 0 aliphatic rings. The first kappa shape index (κ1) is 16.4. The monoisotopic (exact) mass is 331 g/mol. The number of H-pyrrole nitrogens is 1. The summed E-state index contributed by atoms with van der Waals surface area (Å²) in [6, 6.07) is 6.33. The van der Waals surface area contributed by atoms with Gasteiger partial charge in [0.1, 0.15) is 0 Å². The molecular formula is C14H13ClF3N3O. The summed E-state index contributed by atoms with van der Waals surface area (Å²) in [5.41, 5.74) is 0.874. The fourth-order valence-corrected chi connectivity index (χ4v) is 2.11. The number of amides is 1. The molecule has 1 aromatic carbocycles. The minimum atomic E-state index is -4.40. The number of nitrogens with one attached hydrogen (secondary N) is 2. The van der Waals surface area contributed by atoms with Crippen LogP contribution in [0.1, 0.15) is 23.7 Å². The highest BCUT2D eigenvalue weighted by atomic mass is 35.5. The first-order valence-corrected chi connectivity index (χ1v) is 6.81. The van der Waals surface area contributed by atoms with E-state index < -0.39 is 24.5 Å². The normalized spacial score (nSPS) is 12.9. The zero-order chi connectivity index (χ0) is 16.2. The van der Waals surface area contributed by atoms with E-state index in [0.717, 1.165) is 0 Å². The fourth-order valence-electron chi connectivity index (χ4n) is 1.98. The lowest BCUT2D eigenvalue weighted by molar-refractivity contribution is -0.142. The van der Waals surface area contributed by atoms with E-state index in [1.165, 1.54) is 30.5 Å². The molecule has 0 fully saturated rings. The van der Waals surface area contributed by atoms with Crippen LogP contribution in [0, 0.1) is 0 Å². The molecule has 2 aromatic rings. The number of carbonyl (C=O) groups excluding carboxylic acids is 1. The van der Waals surface area contributed by atoms with Gasteiger partial charge in [-0.3, -0.25) is 9.89 Å². The summed E-state index contributed by atoms with van der Waals surface area (Å²) in [5, 5.41) is 9.08. The molecular weight excluding hydrogens is 319 g/mol. The van der Waals surface area contributed by atoms with E-state index in [-0.39, 0.29) is 6.42 Å². The largest absolute Gasteiger partial charge is 0.391 e. The van der Waals surface area contributed by atoms with Gasteiger partial charge in [0, 0.05) is 16.9 Å². The number of hydrogen-bond donors (Lipinski definition) is 2. The molecule has 1 amide bonds. The van der Waals surface area contributed by atoms with Crippen molar-refractivity contribution in [3.63, 3.8) is 0 Å². The third-order valence-electron chi connectivity index (χ3n) is 2.95. The molecule has 118 valence electrons. The van der Waals surface area contributed by atoms with E-state index in [2.05, 4.69) is 15.5 Å². The van der Waals surface area contributed by atoms with Gasteiger partial charge in [0.05, 0.1) is 18.9 Å². The summed E-state index contributed by atoms with van der Waals surface area (Å²) < 4.78 is 38.1. The van der Waals surface area contributed by atoms with Gasteiger partial charge in [-0.05, 0) is 23.8 Å². The molecule has 0 unspecified atom stereocenters. The van der Waals surface area contributed by atoms with Gasteiger partial charge in [-0.25, -0.2) is 0 Å². The molecule has 4 nitrogen and oxygen atoms in total. The van der Waals surface area contributed by atoms with Crippen LogP contribution in [0.25, 0.3) is 0 Å². The van der Waals surface area contributed by atoms with Crippen LogP contribution < -0.4 is 5.32 Å². The third-order valence-corrected chi connectivity index (χ3v) is 3.20. The Morgan fingerprint density at radius 2 is 1.95 bits per heavy atom. The first-order valence-electron chi connectivity index (χ1n) is 6.43. The Kier molecular flexibility index (Phi) is 5.07. The molecule has 2 rings (SSSR count). The van der Waals surface area contributed by atoms with Gasteiger partial charge < -0.3 is 5.32 Å². The summed E-state index contributed by atoms with van der Waals surface area (Å²) in [4.78, 5) is 11.9. The summed E-state index contributed by atoms with van der Waals surface area (Å²) in [6.45, 7) is 0. The maximum absolute atomic E-state index is 12.7. The van der Waals surface area contributed by atoms with Crippen molar-refractivity contribution >= 4 is 17.5 Å². The number of nitrogens with zero attached hydrogens (tertiary/aromatic N) is 1. The van der Waals surface area contributed by atoms with E-state index in [4.69, 9.17) is 11.6 Å². The fraction of sp³-hybridized carbons (Fsp3) is 0.286. The smallest absolute Gasteiger partial charge is 0.349 e. The Bertz CT molecular complexity index is 611. The number of aromatic amines is 1. The van der Waals surface area contributed by atoms with Crippen molar-refractivity contribution < 1.29 is 18.0 Å². The van der Waals surface area contributed by atoms with Crippen LogP contribution in [0.15, 0.2) is 36.5 Å². The van der Waals surface area contributed by atoms with E-state index in [1.54, 1.807) is 6.07 Å². The van der Waals surface area contributed by atoms with Gasteiger partial charge >= 0.3 is 6.18 Å². The lowest BCUT2D eigenvalue weighted by Crippen LogP contribution is -2.33. The predicted octanol–water partition coefficient (Wildman–Crippen LogP) is 3.42. The van der Waals surface area contributed by atoms with Crippen molar-refractivity contribution in [2.75, 3.05) is 0 Å². The topological polar surface area (TPSA) is 57.8 Å². The van der Waals surface area contributed by atoms with Crippen molar-refractivity contribution in [2.24, 2.45) is 0 Å². The van der Waals surface area contributed by atoms with E-state index in [1.807, 2.05) is 0 Å². The first-order chi connectivity index (χ1) is 10.3. The molecule has 0 aliphatic carbocycles. The molecule has 1 heterocycles. The number of halogens is 4. The summed E-state index contributed by atoms with van der Waals surface area (Å²) in [5.74, 6) is -0.520. The zero-order valence-electron chi connectivity index (χ0n) is 11.3. The van der Waals surface area contributed by atoms with Crippen LogP contribution in [0.3, 0.4) is 0 Å². The van der Waals surface area contributed by atoms with Crippen LogP contribution in [0.5, 0.6) is 0 Å². The maximum Gasteiger partial charge on any atom is 0.391 e. The van der Waals surface area contributed by atoms with Crippen LogP contribution in [0.2, 0.25) is 5.02 Å². The second-order valence-electron chi connectivity index (χ2n) is 4.75. The third kappa shape index (κ3) is 5.07. The second-order valence-corrected chi connectivity index (χ2v) is 5.19. The molecule has 22 heavy (non-hydrogen) atoms. The Balaban J connectivity index is 2.10. The summed E-state index contributed by atoms with van der Waals surface area (Å²) >= 11 is 5.73. The summed E-state index contributed by atoms with van der Waals surface area (Å²) in [7, 11) is 0. The number of alkyl halides is 3. The minimum Gasteiger partial charge on any atom is -0.349 e. The molecule has 0 bridgehead atoms. The minimum absolute atomic E-state index is 0.0675. The molecule has 2 N–H and O–H groups in total. The van der Waals surface area contributed by atoms with Crippen LogP contribution in [-0.2, 0) is 11.2 Å². The number of rotatable bonds is 5. The molecule has 0 radical (unpaired) electrons. The average Bonchev–Trinajstić information content (AvgIpc) is 2.90. The standard InChI is InChI=1S/C14H13ClF3N3O/c15-10-3-1-9(2-4-10)12(8-14(16,17)18)20-13(22)7-11-5-6-19-21-11/h1-6,12H,7-8H2,(H,19,21)(H,20,22)/t12-/m0/s1. The van der Waals surface area contributed by atoms with Crippen molar-refractivity contribution in [1.29, 1.82) is 0 Å². The van der Waals surface area contributed by atoms with Gasteiger partial charge in [0.25, 0.3) is 0 Å². The van der Waals surface area contributed by atoms with Crippen LogP contribution in [0.4, 0.5) is 13.2 Å². The molecule has 1 aromatic heterocycles. The van der Waals surface area contributed by atoms with Crippen LogP contribution >= 0.6 is 11.6 Å². The van der Waals surface area contributed by atoms with E-state index >= 15 is 0 Å². The zero-order valence-corrected chi connectivity index (χ0v) is 12.1. The van der Waals surface area contributed by atoms with Crippen molar-refractivity contribution in [1.82, 2.24) is 15.5 Å². The van der Waals surface area contributed by atoms with E-state index in [9.17, 15) is 18.0 Å². The Morgan fingerprint density at radius 1 is 1.27 bits per heavy atom. The molecule has 0 spiro atoms. The van der Waals surface area contributed by atoms with Crippen molar-refractivity contribution in [2.45, 2.75) is 25.1 Å². The number of benzene rings is 1. The molecule has 0 aliphatic heterocycles. The number of carbonyl (C=O) groups is 1. The second kappa shape index (κ2) is 6.83. The van der Waals surface area contributed by atoms with E-state index in [0.29, 0.717) is 16.3 Å². The molecule has 0 saturated carbocycles. The number of hydrogen-bond acceptors (Lipinski definition) is 2. The van der Waals surface area contributed by atoms with Gasteiger partial charge in [-0.1, -0.05) is 23.7 Å². The Hall–Kier alpha value is -2.02. The highest BCUT2D eigenvalue weighted by molar-refractivity contribution is 6.30. The van der Waals surface area contributed by atoms with Crippen molar-refractivity contribution in [3.8, 4) is 0 Å². The van der Waals surface area contributed by atoms with Gasteiger partial charge in [-0.15, -0.1) is 0 Å². The summed E-state index contributed by atoms with van der Waals surface area (Å²) in [6.07, 6.45) is -4.15. The quantitative estimate of drug-likeness (QED) is 0.882. The molecule has 1 atom stereocenters. The predicted molar refractivity (Wildman–Crippen MR) is 75.3 cm³/mol. The molecule has 8 heteroatoms. The maximum atomic E-state index is 12.7. The lowest BCUT2D eigenvalue weighted by atomic mass is 10.0. The average molecular weight is 332 g/mol. The Morgan fingerprint density at radius 3 is 2.50 bits per heavy atom. The highest BCUT2D eigenvalue weighted by Gasteiger charge is 2.33. The SMILES string of the molecule is O=C(Cc1ccn[nH]1)N[C@@H](CC(F)(F)F)c1ccc(Cl)cc1. The van der Waals surface area contributed by atoms with Gasteiger partial charge in [-0.2, -0.15) is 18.3 Å². The van der Waals surface area contributed by atoms with Crippen LogP contribution in [-0.4, -0.2) is 22.3 Å². The Labute approximate surface area is 129 Å². The van der Waals surface area contributed by atoms with Gasteiger partial charge in [0.15, 0.2) is 0 Å². The van der Waals surface area contributed by atoms with Crippen molar-refractivity contribution in [3.05, 3.63) is 52.8 Å². The van der Waals surface area contributed by atoms with Gasteiger partial charge in [0.2, 0.25) is 5.91 Å². The lowest BCUT2D eigenvalue weighted by Gasteiger charge is -2.20. The highest BCUT2D eigenvalue weighted by Crippen LogP contribution is 2.30. The molecule has 0 saturated heterocycles.